The fraction of sp³-hybridized carbons (Fsp3) is 0.588. The lowest BCUT2D eigenvalue weighted by Gasteiger charge is -2.38. The van der Waals surface area contributed by atoms with Crippen LogP contribution >= 0.6 is 8.46 Å². The number of benzene rings is 1. The third-order valence-electron chi connectivity index (χ3n) is 4.50. The minimum Gasteiger partial charge on any atom is -0.478 e. The number of ether oxygens (including phenoxy) is 1. The van der Waals surface area contributed by atoms with Crippen molar-refractivity contribution in [1.82, 2.24) is 5.32 Å². The van der Waals surface area contributed by atoms with Crippen LogP contribution in [0.4, 0.5) is 0 Å². The molecule has 24 heavy (non-hydrogen) atoms. The van der Waals surface area contributed by atoms with E-state index < -0.39 is 25.9 Å². The molecule has 0 amide bonds. The topological polar surface area (TPSA) is 95.9 Å². The summed E-state index contributed by atoms with van der Waals surface area (Å²) in [6, 6.07) is 6.89. The Bertz CT molecular complexity index is 574. The first-order valence-corrected chi connectivity index (χ1v) is 9.40. The van der Waals surface area contributed by atoms with Gasteiger partial charge in [-0.3, -0.25) is 0 Å². The summed E-state index contributed by atoms with van der Waals surface area (Å²) in [6.07, 6.45) is 2.26. The van der Waals surface area contributed by atoms with Crippen LogP contribution in [0.3, 0.4) is 0 Å². The van der Waals surface area contributed by atoms with Crippen molar-refractivity contribution >= 4 is 14.4 Å². The normalized spacial score (nSPS) is 24.1. The van der Waals surface area contributed by atoms with Gasteiger partial charge in [0.15, 0.2) is 0 Å². The molecule has 0 bridgehead atoms. The summed E-state index contributed by atoms with van der Waals surface area (Å²) in [5, 5.41) is 21.8. The monoisotopic (exact) mass is 355 g/mol. The first kappa shape index (κ1) is 19.1. The summed E-state index contributed by atoms with van der Waals surface area (Å²) in [4.78, 5) is 11.3. The van der Waals surface area contributed by atoms with Gasteiger partial charge >= 0.3 is 5.97 Å². The molecule has 4 atom stereocenters. The molecule has 1 fully saturated rings. The highest BCUT2D eigenvalue weighted by Gasteiger charge is 2.39. The molecule has 2 unspecified atom stereocenters. The van der Waals surface area contributed by atoms with Gasteiger partial charge in [0, 0.05) is 12.6 Å². The molecule has 1 aromatic carbocycles. The highest BCUT2D eigenvalue weighted by Crippen LogP contribution is 2.33. The fourth-order valence-electron chi connectivity index (χ4n) is 3.00. The molecule has 1 saturated heterocycles. The largest absolute Gasteiger partial charge is 0.478 e. The predicted octanol–water partition coefficient (Wildman–Crippen LogP) is 1.92. The van der Waals surface area contributed by atoms with E-state index in [9.17, 15) is 19.6 Å². The van der Waals surface area contributed by atoms with E-state index in [1.165, 1.54) is 0 Å². The van der Waals surface area contributed by atoms with Crippen molar-refractivity contribution in [3.8, 4) is 0 Å². The quantitative estimate of drug-likeness (QED) is 0.617. The molecule has 134 valence electrons. The van der Waals surface area contributed by atoms with Crippen molar-refractivity contribution in [1.29, 1.82) is 0 Å². The molecule has 0 radical (unpaired) electrons. The average Bonchev–Trinajstić information content (AvgIpc) is 2.60. The third-order valence-corrected chi connectivity index (χ3v) is 5.57. The van der Waals surface area contributed by atoms with Gasteiger partial charge in [-0.2, -0.15) is 0 Å². The summed E-state index contributed by atoms with van der Waals surface area (Å²) in [6.45, 7) is 2.79. The van der Waals surface area contributed by atoms with Crippen LogP contribution in [0.15, 0.2) is 24.3 Å². The molecule has 1 aliphatic heterocycles. The van der Waals surface area contributed by atoms with Crippen LogP contribution in [0.1, 0.15) is 42.1 Å². The van der Waals surface area contributed by atoms with Crippen LogP contribution in [0.25, 0.3) is 0 Å². The van der Waals surface area contributed by atoms with Crippen molar-refractivity contribution in [2.75, 3.05) is 13.2 Å². The molecule has 3 N–H and O–H groups in total. The van der Waals surface area contributed by atoms with E-state index in [2.05, 4.69) is 5.32 Å². The Morgan fingerprint density at radius 2 is 2.21 bits per heavy atom. The van der Waals surface area contributed by atoms with Gasteiger partial charge in [0.25, 0.3) is 0 Å². The number of aliphatic hydroxyl groups is 1. The molecule has 6 nitrogen and oxygen atoms in total. The molecule has 0 spiro atoms. The van der Waals surface area contributed by atoms with E-state index in [-0.39, 0.29) is 6.04 Å². The molecule has 2 rings (SSSR count). The van der Waals surface area contributed by atoms with E-state index in [1.807, 2.05) is 13.0 Å². The first-order valence-electron chi connectivity index (χ1n) is 8.35. The van der Waals surface area contributed by atoms with Crippen LogP contribution in [0.2, 0.25) is 0 Å². The second kappa shape index (κ2) is 8.77. The number of hydrogen-bond acceptors (Lipinski definition) is 5. The molecule has 1 aromatic rings. The minimum atomic E-state index is -1.35. The van der Waals surface area contributed by atoms with Crippen LogP contribution in [0, 0.1) is 0 Å². The van der Waals surface area contributed by atoms with Gasteiger partial charge in [-0.1, -0.05) is 38.0 Å². The van der Waals surface area contributed by atoms with E-state index in [1.54, 1.807) is 18.2 Å². The number of carboxylic acids is 1. The van der Waals surface area contributed by atoms with Crippen LogP contribution in [-0.2, 0) is 15.7 Å². The zero-order valence-corrected chi connectivity index (χ0v) is 15.1. The van der Waals surface area contributed by atoms with Crippen LogP contribution in [0.5, 0.6) is 0 Å². The number of unbranched alkanes of at least 4 members (excludes halogenated alkanes) is 1. The Balaban J connectivity index is 1.96. The summed E-state index contributed by atoms with van der Waals surface area (Å²) >= 11 is 0. The van der Waals surface area contributed by atoms with Gasteiger partial charge in [-0.05, 0) is 24.5 Å². The number of nitrogens with one attached hydrogen (secondary N) is 1. The maximum atomic E-state index is 11.5. The van der Waals surface area contributed by atoms with Crippen molar-refractivity contribution in [3.63, 3.8) is 0 Å². The maximum Gasteiger partial charge on any atom is 0.335 e. The Kier molecular flexibility index (Phi) is 6.99. The van der Waals surface area contributed by atoms with Gasteiger partial charge in [0.05, 0.1) is 20.6 Å². The molecule has 1 aliphatic rings. The SMILES string of the molecule is CCCCC(O)([PH2]=O)[C@H]1CN[C@H](Cc2ccccc2C(=O)O)CO1. The zero-order valence-electron chi connectivity index (χ0n) is 13.9. The molecular weight excluding hydrogens is 329 g/mol. The number of carbonyl (C=O) groups is 1. The number of morpholine rings is 1. The summed E-state index contributed by atoms with van der Waals surface area (Å²) < 4.78 is 17.3. The summed E-state index contributed by atoms with van der Waals surface area (Å²) in [5.74, 6) is -0.941. The standard InChI is InChI=1S/C17H26NO5P/c1-2-3-8-17(21,24-22)15-10-18-13(11-23-15)9-12-6-4-5-7-14(12)16(19)20/h4-7,13,15,18,21H,2-3,8-11,24H2,1H3,(H,19,20)/t13-,15-,17?/m1/s1. The van der Waals surface area contributed by atoms with Gasteiger partial charge < -0.3 is 24.8 Å². The van der Waals surface area contributed by atoms with Crippen molar-refractivity contribution in [3.05, 3.63) is 35.4 Å². The van der Waals surface area contributed by atoms with E-state index >= 15 is 0 Å². The molecule has 7 heteroatoms. The van der Waals surface area contributed by atoms with Gasteiger partial charge in [0.1, 0.15) is 11.4 Å². The molecular formula is C17H26NO5P. The maximum absolute atomic E-state index is 11.5. The molecule has 0 saturated carbocycles. The van der Waals surface area contributed by atoms with Crippen molar-refractivity contribution in [2.24, 2.45) is 0 Å². The van der Waals surface area contributed by atoms with Gasteiger partial charge in [-0.15, -0.1) is 0 Å². The number of carboxylic acid groups (broad SMARTS) is 1. The number of rotatable bonds is 8. The number of hydrogen-bond donors (Lipinski definition) is 3. The van der Waals surface area contributed by atoms with E-state index in [0.717, 1.165) is 18.4 Å². The lowest BCUT2D eigenvalue weighted by molar-refractivity contribution is -0.0884. The van der Waals surface area contributed by atoms with E-state index in [0.29, 0.717) is 31.6 Å². The first-order chi connectivity index (χ1) is 11.5. The highest BCUT2D eigenvalue weighted by molar-refractivity contribution is 7.25. The molecule has 0 aliphatic carbocycles. The van der Waals surface area contributed by atoms with Crippen LogP contribution < -0.4 is 5.32 Å². The van der Waals surface area contributed by atoms with E-state index in [4.69, 9.17) is 4.74 Å². The lowest BCUT2D eigenvalue weighted by Crippen LogP contribution is -2.55. The smallest absolute Gasteiger partial charge is 0.335 e. The fourth-order valence-corrected chi connectivity index (χ4v) is 3.69. The highest BCUT2D eigenvalue weighted by atomic mass is 31.1. The second-order valence-corrected chi connectivity index (χ2v) is 7.54. The molecule has 0 aromatic heterocycles. The Labute approximate surface area is 143 Å². The van der Waals surface area contributed by atoms with Crippen LogP contribution in [-0.4, -0.2) is 46.8 Å². The van der Waals surface area contributed by atoms with Gasteiger partial charge in [0.2, 0.25) is 0 Å². The summed E-state index contributed by atoms with van der Waals surface area (Å²) in [5.41, 5.74) is 1.05. The Morgan fingerprint density at radius 1 is 1.46 bits per heavy atom. The minimum absolute atomic E-state index is 0.0289. The predicted molar refractivity (Wildman–Crippen MR) is 93.5 cm³/mol. The average molecular weight is 355 g/mol. The lowest BCUT2D eigenvalue weighted by atomic mass is 9.98. The number of aromatic carboxylic acids is 1. The molecule has 1 heterocycles. The Morgan fingerprint density at radius 3 is 2.79 bits per heavy atom. The van der Waals surface area contributed by atoms with Gasteiger partial charge in [-0.25, -0.2) is 4.79 Å². The third kappa shape index (κ3) is 4.67. The second-order valence-electron chi connectivity index (χ2n) is 6.31. The van der Waals surface area contributed by atoms with Crippen molar-refractivity contribution < 1.29 is 24.3 Å². The zero-order chi connectivity index (χ0) is 17.6. The Hall–Kier alpha value is -1.20. The van der Waals surface area contributed by atoms with Crippen molar-refractivity contribution in [2.45, 2.75) is 50.1 Å². The summed E-state index contributed by atoms with van der Waals surface area (Å²) in [7, 11) is -1.35.